The van der Waals surface area contributed by atoms with Crippen molar-refractivity contribution in [3.05, 3.63) is 164 Å². The molecule has 4 nitrogen and oxygen atoms in total. The number of hydrogen-bond donors (Lipinski definition) is 0. The Morgan fingerprint density at radius 1 is 0.327 bits per heavy atom. The minimum atomic E-state index is 0.603. The standard InChI is InChI=1S/C45H27N3O/c1-2-10-28(11-3-1)31-13-8-14-32(26-31)43-46-44(48-45(47-43)38-17-9-19-41-42(38)37-16-6-7-18-40(37)49-41)33-21-20-30-23-24-35-34-15-5-4-12-29(34)22-25-36(35)39(30)27-33/h1-27H. The van der Waals surface area contributed by atoms with Crippen molar-refractivity contribution in [2.45, 2.75) is 0 Å². The lowest BCUT2D eigenvalue weighted by molar-refractivity contribution is 0.669. The Hall–Kier alpha value is -6.65. The molecule has 0 aliphatic carbocycles. The van der Waals surface area contributed by atoms with Crippen LogP contribution >= 0.6 is 0 Å². The second-order valence-corrected chi connectivity index (χ2v) is 12.4. The van der Waals surface area contributed by atoms with E-state index in [0.717, 1.165) is 49.8 Å². The number of nitrogens with zero attached hydrogens (tertiary/aromatic N) is 3. The molecule has 0 radical (unpaired) electrons. The summed E-state index contributed by atoms with van der Waals surface area (Å²) >= 11 is 0. The van der Waals surface area contributed by atoms with E-state index in [0.29, 0.717) is 17.5 Å². The molecule has 0 fully saturated rings. The van der Waals surface area contributed by atoms with Gasteiger partial charge in [-0.1, -0.05) is 140 Å². The average Bonchev–Trinajstić information content (AvgIpc) is 3.57. The number of fused-ring (bicyclic) bond motifs is 8. The smallest absolute Gasteiger partial charge is 0.164 e. The molecule has 0 aliphatic rings. The fraction of sp³-hybridized carbons (Fsp3) is 0. The number of aromatic nitrogens is 3. The summed E-state index contributed by atoms with van der Waals surface area (Å²) < 4.78 is 6.26. The zero-order valence-electron chi connectivity index (χ0n) is 26.3. The normalized spacial score (nSPS) is 11.7. The lowest BCUT2D eigenvalue weighted by Gasteiger charge is -2.12. The van der Waals surface area contributed by atoms with E-state index in [4.69, 9.17) is 19.4 Å². The first-order valence-electron chi connectivity index (χ1n) is 16.4. The van der Waals surface area contributed by atoms with Crippen molar-refractivity contribution in [3.8, 4) is 45.3 Å². The van der Waals surface area contributed by atoms with Crippen molar-refractivity contribution in [2.24, 2.45) is 0 Å². The van der Waals surface area contributed by atoms with Crippen LogP contribution in [0.5, 0.6) is 0 Å². The number of rotatable bonds is 4. The lowest BCUT2D eigenvalue weighted by atomic mass is 9.96. The van der Waals surface area contributed by atoms with Crippen molar-refractivity contribution in [1.82, 2.24) is 15.0 Å². The van der Waals surface area contributed by atoms with Crippen LogP contribution in [0, 0.1) is 0 Å². The molecule has 228 valence electrons. The van der Waals surface area contributed by atoms with Crippen LogP contribution in [0.25, 0.3) is 99.5 Å². The highest BCUT2D eigenvalue weighted by Crippen LogP contribution is 2.38. The molecule has 0 saturated carbocycles. The summed E-state index contributed by atoms with van der Waals surface area (Å²) in [6, 6.07) is 57.0. The summed E-state index contributed by atoms with van der Waals surface area (Å²) in [5.41, 5.74) is 6.65. The maximum Gasteiger partial charge on any atom is 0.164 e. The lowest BCUT2D eigenvalue weighted by Crippen LogP contribution is -2.00. The molecule has 0 bridgehead atoms. The monoisotopic (exact) mass is 625 g/mol. The van der Waals surface area contributed by atoms with Crippen LogP contribution in [0.1, 0.15) is 0 Å². The Bertz CT molecular complexity index is 2890. The van der Waals surface area contributed by atoms with E-state index in [1.54, 1.807) is 0 Å². The van der Waals surface area contributed by atoms with Gasteiger partial charge in [0.2, 0.25) is 0 Å². The molecular formula is C45H27N3O. The van der Waals surface area contributed by atoms with Gasteiger partial charge in [0.1, 0.15) is 11.2 Å². The van der Waals surface area contributed by atoms with E-state index in [1.807, 2.05) is 36.4 Å². The largest absolute Gasteiger partial charge is 0.456 e. The van der Waals surface area contributed by atoms with Gasteiger partial charge in [-0.2, -0.15) is 0 Å². The van der Waals surface area contributed by atoms with E-state index in [9.17, 15) is 0 Å². The van der Waals surface area contributed by atoms with Crippen LogP contribution in [0.15, 0.2) is 168 Å². The molecule has 49 heavy (non-hydrogen) atoms. The number of para-hydroxylation sites is 1. The van der Waals surface area contributed by atoms with Gasteiger partial charge >= 0.3 is 0 Å². The Balaban J connectivity index is 1.22. The van der Waals surface area contributed by atoms with Crippen molar-refractivity contribution in [3.63, 3.8) is 0 Å². The van der Waals surface area contributed by atoms with Crippen LogP contribution in [0.3, 0.4) is 0 Å². The topological polar surface area (TPSA) is 51.8 Å². The number of hydrogen-bond acceptors (Lipinski definition) is 4. The summed E-state index contributed by atoms with van der Waals surface area (Å²) in [5, 5.41) is 9.28. The second kappa shape index (κ2) is 11.0. The third kappa shape index (κ3) is 4.57. The number of furan rings is 1. The Labute approximate surface area is 282 Å². The van der Waals surface area contributed by atoms with Crippen LogP contribution in [-0.4, -0.2) is 15.0 Å². The predicted octanol–water partition coefficient (Wildman–Crippen LogP) is 11.9. The van der Waals surface area contributed by atoms with Crippen molar-refractivity contribution >= 4 is 54.3 Å². The molecule has 0 amide bonds. The van der Waals surface area contributed by atoms with Gasteiger partial charge in [-0.25, -0.2) is 15.0 Å². The Morgan fingerprint density at radius 2 is 0.918 bits per heavy atom. The van der Waals surface area contributed by atoms with E-state index >= 15 is 0 Å². The van der Waals surface area contributed by atoms with Gasteiger partial charge in [0.25, 0.3) is 0 Å². The van der Waals surface area contributed by atoms with Gasteiger partial charge < -0.3 is 4.42 Å². The average molecular weight is 626 g/mol. The van der Waals surface area contributed by atoms with Crippen LogP contribution in [-0.2, 0) is 0 Å². The van der Waals surface area contributed by atoms with E-state index in [1.165, 1.54) is 32.3 Å². The van der Waals surface area contributed by atoms with Gasteiger partial charge in [-0.05, 0) is 67.7 Å². The van der Waals surface area contributed by atoms with Crippen LogP contribution in [0.2, 0.25) is 0 Å². The fourth-order valence-electron chi connectivity index (χ4n) is 7.14. The van der Waals surface area contributed by atoms with Crippen LogP contribution < -0.4 is 0 Å². The first kappa shape index (κ1) is 27.5. The molecule has 2 heterocycles. The maximum atomic E-state index is 6.26. The number of benzene rings is 8. The molecule has 10 rings (SSSR count). The summed E-state index contributed by atoms with van der Waals surface area (Å²) in [7, 11) is 0. The molecule has 4 heteroatoms. The molecule has 0 saturated heterocycles. The van der Waals surface area contributed by atoms with Crippen LogP contribution in [0.4, 0.5) is 0 Å². The predicted molar refractivity (Wildman–Crippen MR) is 201 cm³/mol. The highest BCUT2D eigenvalue weighted by atomic mass is 16.3. The van der Waals surface area contributed by atoms with Gasteiger partial charge in [0.05, 0.1) is 0 Å². The minimum Gasteiger partial charge on any atom is -0.456 e. The highest BCUT2D eigenvalue weighted by Gasteiger charge is 2.18. The van der Waals surface area contributed by atoms with Gasteiger partial charge in [0, 0.05) is 27.5 Å². The summed E-state index contributed by atoms with van der Waals surface area (Å²) in [5.74, 6) is 1.84. The molecule has 0 aliphatic heterocycles. The quantitative estimate of drug-likeness (QED) is 0.183. The van der Waals surface area contributed by atoms with Crippen molar-refractivity contribution in [1.29, 1.82) is 0 Å². The van der Waals surface area contributed by atoms with Crippen molar-refractivity contribution in [2.75, 3.05) is 0 Å². The summed E-state index contributed by atoms with van der Waals surface area (Å²) in [4.78, 5) is 15.5. The Morgan fingerprint density at radius 3 is 1.78 bits per heavy atom. The summed E-state index contributed by atoms with van der Waals surface area (Å²) in [6.45, 7) is 0. The zero-order chi connectivity index (χ0) is 32.3. The molecule has 2 aromatic heterocycles. The third-order valence-electron chi connectivity index (χ3n) is 9.51. The molecule has 0 N–H and O–H groups in total. The molecule has 8 aromatic carbocycles. The van der Waals surface area contributed by atoms with E-state index < -0.39 is 0 Å². The first-order chi connectivity index (χ1) is 24.3. The maximum absolute atomic E-state index is 6.26. The second-order valence-electron chi connectivity index (χ2n) is 12.4. The van der Waals surface area contributed by atoms with Crippen molar-refractivity contribution < 1.29 is 4.42 Å². The summed E-state index contributed by atoms with van der Waals surface area (Å²) in [6.07, 6.45) is 0. The van der Waals surface area contributed by atoms with Gasteiger partial charge in [0.15, 0.2) is 17.5 Å². The van der Waals surface area contributed by atoms with Gasteiger partial charge in [-0.15, -0.1) is 0 Å². The molecule has 10 aromatic rings. The SMILES string of the molecule is c1ccc(-c2cccc(-c3nc(-c4ccc5ccc6c7ccccc7ccc6c5c4)nc(-c4cccc5oc6ccccc6c45)n3)c2)cc1. The third-order valence-corrected chi connectivity index (χ3v) is 9.51. The Kier molecular flexibility index (Phi) is 6.15. The fourth-order valence-corrected chi connectivity index (χ4v) is 7.14. The zero-order valence-corrected chi connectivity index (χ0v) is 26.3. The van der Waals surface area contributed by atoms with E-state index in [-0.39, 0.29) is 0 Å². The molecule has 0 atom stereocenters. The molecule has 0 spiro atoms. The highest BCUT2D eigenvalue weighted by molar-refractivity contribution is 6.17. The molecular weight excluding hydrogens is 599 g/mol. The first-order valence-corrected chi connectivity index (χ1v) is 16.4. The molecule has 0 unspecified atom stereocenters. The minimum absolute atomic E-state index is 0.603. The van der Waals surface area contributed by atoms with E-state index in [2.05, 4.69) is 127 Å². The van der Waals surface area contributed by atoms with Gasteiger partial charge in [-0.3, -0.25) is 0 Å².